The van der Waals surface area contributed by atoms with Crippen LogP contribution < -0.4 is 29.6 Å². The van der Waals surface area contributed by atoms with Gasteiger partial charge in [0.1, 0.15) is 17.0 Å². The summed E-state index contributed by atoms with van der Waals surface area (Å²) in [6, 6.07) is 0. The molecule has 211 valence electrons. The standard InChI is InChI=1S/C12H23NO3.C12H21NO3.C2H6O.B.Na.H/c2*1-9-5-7-13(8-6-10(9)14)11(15)16-12(2,3)4;1-2-3;;;/h9-10,14H,5-8H2,1-4H3;9H,5-8H2,1-4H3;3H,2H2,1H3;;;/q;;;;+1;-1. The summed E-state index contributed by atoms with van der Waals surface area (Å²) in [5.41, 5.74) is -0.924. The van der Waals surface area contributed by atoms with Crippen LogP contribution in [0.5, 0.6) is 0 Å². The van der Waals surface area contributed by atoms with Gasteiger partial charge in [-0.25, -0.2) is 9.59 Å². The predicted octanol–water partition coefficient (Wildman–Crippen LogP) is 0.971. The molecule has 2 rings (SSSR count). The summed E-state index contributed by atoms with van der Waals surface area (Å²) in [5, 5.41) is 17.3. The van der Waals surface area contributed by atoms with E-state index < -0.39 is 11.2 Å². The van der Waals surface area contributed by atoms with Gasteiger partial charge in [0.15, 0.2) is 0 Å². The quantitative estimate of drug-likeness (QED) is 0.443. The molecule has 2 N–H and O–H groups in total. The normalized spacial score (nSPS) is 22.2. The fourth-order valence-electron chi connectivity index (χ4n) is 3.37. The fraction of sp³-hybridized carbons (Fsp3) is 0.885. The van der Waals surface area contributed by atoms with Crippen LogP contribution in [0.15, 0.2) is 0 Å². The minimum Gasteiger partial charge on any atom is -1.00 e. The van der Waals surface area contributed by atoms with E-state index in [1.165, 1.54) is 0 Å². The molecule has 0 saturated carbocycles. The Labute approximate surface area is 250 Å². The summed E-state index contributed by atoms with van der Waals surface area (Å²) in [5.74, 6) is 0.561. The molecule has 0 bridgehead atoms. The molecule has 0 aliphatic carbocycles. The summed E-state index contributed by atoms with van der Waals surface area (Å²) >= 11 is 0. The van der Waals surface area contributed by atoms with E-state index in [1.54, 1.807) is 16.7 Å². The van der Waals surface area contributed by atoms with Crippen molar-refractivity contribution in [1.82, 2.24) is 9.80 Å². The molecule has 2 aliphatic heterocycles. The molecule has 2 heterocycles. The van der Waals surface area contributed by atoms with Gasteiger partial charge in [-0.05, 0) is 73.6 Å². The number of ketones is 1. The van der Waals surface area contributed by atoms with Crippen LogP contribution in [0.2, 0.25) is 0 Å². The number of aliphatic hydroxyl groups excluding tert-OH is 2. The molecule has 11 heteroatoms. The molecule has 2 fully saturated rings. The van der Waals surface area contributed by atoms with Crippen LogP contribution in [0.4, 0.5) is 9.59 Å². The average molecular weight is 538 g/mol. The molecular formula is C26H51BN2NaO7. The third-order valence-electron chi connectivity index (χ3n) is 5.52. The minimum absolute atomic E-state index is 0. The van der Waals surface area contributed by atoms with E-state index >= 15 is 0 Å². The maximum Gasteiger partial charge on any atom is 1.00 e. The van der Waals surface area contributed by atoms with E-state index in [1.807, 2.05) is 55.4 Å². The van der Waals surface area contributed by atoms with Crippen LogP contribution >= 0.6 is 0 Å². The second-order valence-corrected chi connectivity index (χ2v) is 11.3. The number of rotatable bonds is 0. The largest absolute Gasteiger partial charge is 1.00 e. The summed E-state index contributed by atoms with van der Waals surface area (Å²) < 4.78 is 10.6. The topological polar surface area (TPSA) is 117 Å². The van der Waals surface area contributed by atoms with E-state index in [-0.39, 0.29) is 81.9 Å². The molecule has 3 atom stereocenters. The third kappa shape index (κ3) is 19.0. The molecule has 2 saturated heterocycles. The number of ether oxygens (including phenoxy) is 2. The second kappa shape index (κ2) is 19.3. The maximum atomic E-state index is 11.8. The molecule has 0 spiro atoms. The Balaban J connectivity index is -0.000000257. The van der Waals surface area contributed by atoms with Gasteiger partial charge in [-0.15, -0.1) is 0 Å². The van der Waals surface area contributed by atoms with E-state index in [2.05, 4.69) is 0 Å². The number of amides is 2. The first kappa shape index (κ1) is 40.7. The van der Waals surface area contributed by atoms with Crippen molar-refractivity contribution in [2.75, 3.05) is 32.8 Å². The number of carbonyl (C=O) groups is 3. The number of likely N-dealkylation sites (tertiary alicyclic amines) is 2. The van der Waals surface area contributed by atoms with Gasteiger partial charge in [0.05, 0.1) is 6.10 Å². The summed E-state index contributed by atoms with van der Waals surface area (Å²) in [6.45, 7) is 19.3. The first-order chi connectivity index (χ1) is 16.0. The van der Waals surface area contributed by atoms with E-state index in [0.717, 1.165) is 12.8 Å². The molecule has 2 amide bonds. The number of hydrogen-bond acceptors (Lipinski definition) is 7. The minimum atomic E-state index is -0.473. The van der Waals surface area contributed by atoms with Crippen molar-refractivity contribution in [3.63, 3.8) is 0 Å². The second-order valence-electron chi connectivity index (χ2n) is 11.3. The van der Waals surface area contributed by atoms with Crippen LogP contribution in [-0.2, 0) is 14.3 Å². The van der Waals surface area contributed by atoms with Gasteiger partial charge in [-0.1, -0.05) is 13.8 Å². The Kier molecular flexibility index (Phi) is 21.2. The molecule has 3 radical (unpaired) electrons. The number of hydrogen-bond donors (Lipinski definition) is 2. The maximum absolute atomic E-state index is 11.8. The van der Waals surface area contributed by atoms with Crippen molar-refractivity contribution in [3.8, 4) is 0 Å². The zero-order chi connectivity index (χ0) is 27.4. The van der Waals surface area contributed by atoms with E-state index in [9.17, 15) is 19.5 Å². The Hall–Kier alpha value is -0.805. The summed E-state index contributed by atoms with van der Waals surface area (Å²) in [4.78, 5) is 38.4. The van der Waals surface area contributed by atoms with Gasteiger partial charge in [-0.2, -0.15) is 0 Å². The SMILES string of the molecule is CC1CCN(C(=O)OC(C)(C)C)CCC1=O.CC1CCN(C(=O)OC(C)(C)C)CCC1O.CCO.[B].[H-].[Na+]. The van der Waals surface area contributed by atoms with E-state index in [0.29, 0.717) is 39.0 Å². The van der Waals surface area contributed by atoms with Gasteiger partial charge in [0.25, 0.3) is 0 Å². The number of Topliss-reactive ketones (excluding diaryl/α,β-unsaturated/α-hetero) is 1. The third-order valence-corrected chi connectivity index (χ3v) is 5.52. The molecule has 9 nitrogen and oxygen atoms in total. The average Bonchev–Trinajstić information content (AvgIpc) is 2.97. The van der Waals surface area contributed by atoms with Gasteiger partial charge >= 0.3 is 41.7 Å². The van der Waals surface area contributed by atoms with E-state index in [4.69, 9.17) is 14.6 Å². The summed E-state index contributed by atoms with van der Waals surface area (Å²) in [7, 11) is 0. The van der Waals surface area contributed by atoms with Crippen LogP contribution in [-0.4, -0.2) is 96.5 Å². The van der Waals surface area contributed by atoms with Crippen LogP contribution in [0.1, 0.15) is 89.4 Å². The Morgan fingerprint density at radius 2 is 1.27 bits per heavy atom. The molecule has 0 aromatic carbocycles. The molecular weight excluding hydrogens is 486 g/mol. The van der Waals surface area contributed by atoms with Crippen LogP contribution in [0, 0.1) is 11.8 Å². The molecule has 37 heavy (non-hydrogen) atoms. The zero-order valence-corrected chi connectivity index (χ0v) is 27.0. The van der Waals surface area contributed by atoms with Crippen molar-refractivity contribution in [2.45, 2.75) is 105 Å². The number of nitrogens with zero attached hydrogens (tertiary/aromatic N) is 2. The van der Waals surface area contributed by atoms with Crippen molar-refractivity contribution in [2.24, 2.45) is 11.8 Å². The fourth-order valence-corrected chi connectivity index (χ4v) is 3.37. The van der Waals surface area contributed by atoms with Crippen LogP contribution in [0.25, 0.3) is 0 Å². The zero-order valence-electron chi connectivity index (χ0n) is 26.0. The summed E-state index contributed by atoms with van der Waals surface area (Å²) in [6.07, 6.45) is 1.77. The Morgan fingerprint density at radius 1 is 0.892 bits per heavy atom. The smallest absolute Gasteiger partial charge is 1.00 e. The van der Waals surface area contributed by atoms with Gasteiger partial charge in [-0.3, -0.25) is 4.79 Å². The van der Waals surface area contributed by atoms with Gasteiger partial charge < -0.3 is 30.9 Å². The first-order valence-corrected chi connectivity index (χ1v) is 12.8. The van der Waals surface area contributed by atoms with Crippen molar-refractivity contribution in [1.29, 1.82) is 0 Å². The molecule has 0 aromatic heterocycles. The number of aliphatic hydroxyl groups is 2. The van der Waals surface area contributed by atoms with Gasteiger partial charge in [0.2, 0.25) is 0 Å². The Morgan fingerprint density at radius 3 is 1.70 bits per heavy atom. The molecule has 3 unspecified atom stereocenters. The first-order valence-electron chi connectivity index (χ1n) is 12.8. The monoisotopic (exact) mass is 537 g/mol. The van der Waals surface area contributed by atoms with Crippen LogP contribution in [0.3, 0.4) is 0 Å². The predicted molar refractivity (Wildman–Crippen MR) is 143 cm³/mol. The number of carbonyl (C=O) groups excluding carboxylic acids is 3. The van der Waals surface area contributed by atoms with Gasteiger partial charge in [0, 0.05) is 53.5 Å². The van der Waals surface area contributed by atoms with Crippen molar-refractivity contribution >= 4 is 26.4 Å². The molecule has 0 aromatic rings. The van der Waals surface area contributed by atoms with Crippen molar-refractivity contribution < 1.29 is 65.1 Å². The molecule has 2 aliphatic rings. The van der Waals surface area contributed by atoms with Crippen molar-refractivity contribution in [3.05, 3.63) is 0 Å². The Bertz CT molecular complexity index is 663.